The van der Waals surface area contributed by atoms with Gasteiger partial charge in [-0.1, -0.05) is 30.3 Å². The van der Waals surface area contributed by atoms with Gasteiger partial charge in [0.15, 0.2) is 0 Å². The summed E-state index contributed by atoms with van der Waals surface area (Å²) in [5, 5.41) is 1.20. The van der Waals surface area contributed by atoms with Gasteiger partial charge >= 0.3 is 0 Å². The second kappa shape index (κ2) is 4.41. The summed E-state index contributed by atoms with van der Waals surface area (Å²) in [6, 6.07) is 17.3. The number of aromatic nitrogens is 1. The molecule has 0 radical (unpaired) electrons. The molecule has 20 heavy (non-hydrogen) atoms. The molecule has 0 saturated carbocycles. The first kappa shape index (κ1) is 11.6. The van der Waals surface area contributed by atoms with Crippen molar-refractivity contribution in [3.05, 3.63) is 77.2 Å². The van der Waals surface area contributed by atoms with Crippen molar-refractivity contribution in [3.63, 3.8) is 0 Å². The summed E-state index contributed by atoms with van der Waals surface area (Å²) < 4.78 is 13.1. The smallest absolute Gasteiger partial charge is 0.123 e. The molecule has 0 amide bonds. The Labute approximate surface area is 117 Å². The van der Waals surface area contributed by atoms with Crippen LogP contribution in [0.25, 0.3) is 10.9 Å². The molecule has 0 fully saturated rings. The zero-order valence-corrected chi connectivity index (χ0v) is 11.0. The molecule has 0 aliphatic heterocycles. The first-order valence-corrected chi connectivity index (χ1v) is 6.95. The van der Waals surface area contributed by atoms with Crippen molar-refractivity contribution in [1.82, 2.24) is 4.98 Å². The van der Waals surface area contributed by atoms with E-state index in [0.717, 1.165) is 29.6 Å². The van der Waals surface area contributed by atoms with Gasteiger partial charge in [0, 0.05) is 11.3 Å². The third-order valence-electron chi connectivity index (χ3n) is 4.14. The summed E-state index contributed by atoms with van der Waals surface area (Å²) in [5.41, 5.74) is 4.70. The number of rotatable bonds is 1. The number of benzene rings is 2. The molecule has 0 spiro atoms. The second-order valence-electron chi connectivity index (χ2n) is 5.37. The molecule has 0 bridgehead atoms. The summed E-state index contributed by atoms with van der Waals surface area (Å²) in [4.78, 5) is 4.84. The van der Waals surface area contributed by atoms with Crippen LogP contribution in [-0.4, -0.2) is 4.98 Å². The van der Waals surface area contributed by atoms with Gasteiger partial charge in [0.2, 0.25) is 0 Å². The molecule has 1 aliphatic rings. The van der Waals surface area contributed by atoms with E-state index in [1.54, 1.807) is 0 Å². The highest BCUT2D eigenvalue weighted by Gasteiger charge is 2.25. The van der Waals surface area contributed by atoms with E-state index < -0.39 is 0 Å². The molecule has 3 aromatic rings. The van der Waals surface area contributed by atoms with Crippen LogP contribution in [0.1, 0.15) is 29.2 Å². The Morgan fingerprint density at radius 2 is 1.80 bits per heavy atom. The quantitative estimate of drug-likeness (QED) is 0.632. The average molecular weight is 263 g/mol. The Bertz CT molecular complexity index is 777. The molecule has 1 nitrogen and oxygen atoms in total. The third kappa shape index (κ3) is 1.80. The lowest BCUT2D eigenvalue weighted by Crippen LogP contribution is -1.99. The number of halogens is 1. The van der Waals surface area contributed by atoms with Crippen molar-refractivity contribution in [2.75, 3.05) is 0 Å². The summed E-state index contributed by atoms with van der Waals surface area (Å²) in [7, 11) is 0. The van der Waals surface area contributed by atoms with E-state index >= 15 is 0 Å². The lowest BCUT2D eigenvalue weighted by molar-refractivity contribution is 0.625. The van der Waals surface area contributed by atoms with Gasteiger partial charge in [-0.05, 0) is 48.2 Å². The third-order valence-corrected chi connectivity index (χ3v) is 4.14. The molecule has 98 valence electrons. The van der Waals surface area contributed by atoms with E-state index in [9.17, 15) is 4.39 Å². The molecule has 2 heteroatoms. The van der Waals surface area contributed by atoms with Crippen molar-refractivity contribution in [1.29, 1.82) is 0 Å². The monoisotopic (exact) mass is 263 g/mol. The van der Waals surface area contributed by atoms with Crippen LogP contribution >= 0.6 is 0 Å². The fourth-order valence-electron chi connectivity index (χ4n) is 3.13. The van der Waals surface area contributed by atoms with Gasteiger partial charge < -0.3 is 0 Å². The fourth-order valence-corrected chi connectivity index (χ4v) is 3.13. The van der Waals surface area contributed by atoms with Gasteiger partial charge in [-0.15, -0.1) is 0 Å². The normalized spacial score (nSPS) is 17.4. The number of aryl methyl sites for hydroxylation is 1. The number of para-hydroxylation sites is 1. The van der Waals surface area contributed by atoms with Crippen LogP contribution in [0.4, 0.5) is 4.39 Å². The topological polar surface area (TPSA) is 12.9 Å². The predicted molar refractivity (Wildman–Crippen MR) is 78.3 cm³/mol. The van der Waals surface area contributed by atoms with E-state index in [4.69, 9.17) is 4.98 Å². The van der Waals surface area contributed by atoms with Crippen molar-refractivity contribution in [2.45, 2.75) is 18.8 Å². The van der Waals surface area contributed by atoms with Crippen molar-refractivity contribution >= 4 is 10.9 Å². The Morgan fingerprint density at radius 3 is 2.65 bits per heavy atom. The first-order valence-electron chi connectivity index (χ1n) is 6.95. The van der Waals surface area contributed by atoms with Gasteiger partial charge in [0.05, 0.1) is 11.2 Å². The number of fused-ring (bicyclic) bond motifs is 2. The van der Waals surface area contributed by atoms with Crippen LogP contribution < -0.4 is 0 Å². The minimum absolute atomic E-state index is 0.182. The average Bonchev–Trinajstić information content (AvgIpc) is 2.88. The Morgan fingerprint density at radius 1 is 1.00 bits per heavy atom. The highest BCUT2D eigenvalue weighted by Crippen LogP contribution is 2.38. The molecule has 1 heterocycles. The number of hydrogen-bond acceptors (Lipinski definition) is 1. The number of nitrogens with zero attached hydrogens (tertiary/aromatic N) is 1. The zero-order chi connectivity index (χ0) is 13.5. The molecular weight excluding hydrogens is 249 g/mol. The van der Waals surface area contributed by atoms with Crippen LogP contribution in [0.5, 0.6) is 0 Å². The van der Waals surface area contributed by atoms with Crippen LogP contribution in [0.15, 0.2) is 54.6 Å². The molecule has 1 unspecified atom stereocenters. The highest BCUT2D eigenvalue weighted by molar-refractivity contribution is 5.80. The lowest BCUT2D eigenvalue weighted by Gasteiger charge is -2.12. The van der Waals surface area contributed by atoms with Gasteiger partial charge in [-0.25, -0.2) is 4.39 Å². The molecular formula is C18H14FN. The fraction of sp³-hybridized carbons (Fsp3) is 0.167. The molecule has 1 aromatic heterocycles. The summed E-state index contributed by atoms with van der Waals surface area (Å²) in [5.74, 6) is 0.119. The largest absolute Gasteiger partial charge is 0.252 e. The maximum absolute atomic E-state index is 13.1. The van der Waals surface area contributed by atoms with E-state index in [1.165, 1.54) is 23.1 Å². The van der Waals surface area contributed by atoms with Crippen LogP contribution in [0, 0.1) is 5.82 Å². The van der Waals surface area contributed by atoms with E-state index in [2.05, 4.69) is 18.2 Å². The summed E-state index contributed by atoms with van der Waals surface area (Å²) in [6.45, 7) is 0. The molecule has 1 atom stereocenters. The summed E-state index contributed by atoms with van der Waals surface area (Å²) >= 11 is 0. The Kier molecular flexibility index (Phi) is 2.56. The minimum Gasteiger partial charge on any atom is -0.252 e. The van der Waals surface area contributed by atoms with Crippen molar-refractivity contribution < 1.29 is 4.39 Å². The van der Waals surface area contributed by atoms with Crippen LogP contribution in [0.3, 0.4) is 0 Å². The standard InChI is InChI=1S/C18H14FN/c19-15-8-5-12(6-9-15)16-10-7-14-11-13-3-1-2-4-17(13)20-18(14)16/h1-6,8-9,11,16H,7,10H2. The van der Waals surface area contributed by atoms with Gasteiger partial charge in [-0.2, -0.15) is 0 Å². The highest BCUT2D eigenvalue weighted by atomic mass is 19.1. The van der Waals surface area contributed by atoms with Crippen LogP contribution in [-0.2, 0) is 6.42 Å². The molecule has 0 N–H and O–H groups in total. The lowest BCUT2D eigenvalue weighted by atomic mass is 9.96. The maximum Gasteiger partial charge on any atom is 0.123 e. The number of pyridine rings is 1. The van der Waals surface area contributed by atoms with Gasteiger partial charge in [0.25, 0.3) is 0 Å². The zero-order valence-electron chi connectivity index (χ0n) is 11.0. The number of hydrogen-bond donors (Lipinski definition) is 0. The van der Waals surface area contributed by atoms with E-state index in [1.807, 2.05) is 24.3 Å². The van der Waals surface area contributed by atoms with Crippen LogP contribution in [0.2, 0.25) is 0 Å². The van der Waals surface area contributed by atoms with Gasteiger partial charge in [0.1, 0.15) is 5.82 Å². The van der Waals surface area contributed by atoms with Crippen molar-refractivity contribution in [2.24, 2.45) is 0 Å². The molecule has 4 rings (SSSR count). The Balaban J connectivity index is 1.84. The summed E-state index contributed by atoms with van der Waals surface area (Å²) in [6.07, 6.45) is 2.11. The first-order chi connectivity index (χ1) is 9.81. The maximum atomic E-state index is 13.1. The molecule has 2 aromatic carbocycles. The minimum atomic E-state index is -0.182. The van der Waals surface area contributed by atoms with Gasteiger partial charge in [-0.3, -0.25) is 4.98 Å². The van der Waals surface area contributed by atoms with E-state index in [-0.39, 0.29) is 5.82 Å². The molecule has 0 saturated heterocycles. The molecule has 1 aliphatic carbocycles. The van der Waals surface area contributed by atoms with E-state index in [0.29, 0.717) is 5.92 Å². The Hall–Kier alpha value is -2.22. The SMILES string of the molecule is Fc1ccc(C2CCc3cc4ccccc4nc32)cc1. The van der Waals surface area contributed by atoms with Crippen molar-refractivity contribution in [3.8, 4) is 0 Å². The predicted octanol–water partition coefficient (Wildman–Crippen LogP) is 4.45. The second-order valence-corrected chi connectivity index (χ2v) is 5.37.